The predicted octanol–water partition coefficient (Wildman–Crippen LogP) is -1.70. The number of carboxylic acid groups (broad SMARTS) is 2. The summed E-state index contributed by atoms with van der Waals surface area (Å²) in [5.41, 5.74) is 15.1. The molecule has 0 radical (unpaired) electrons. The van der Waals surface area contributed by atoms with Crippen LogP contribution in [0.3, 0.4) is 0 Å². The monoisotopic (exact) mass is 649 g/mol. The van der Waals surface area contributed by atoms with Crippen molar-refractivity contribution in [3.05, 3.63) is 34.9 Å². The number of carboxylic acids is 2. The van der Waals surface area contributed by atoms with Crippen LogP contribution >= 0.6 is 23.1 Å². The SMILES string of the molecule is CC(C)(O/N=C(\C(=O)N[C@@H]1C(=O)N2C(C(=O)O)=C(C[n+]3cnc(N)c(NC(=O)CCN)c3)CSC12)c1csc(N)n1)C(=O)O. The lowest BCUT2D eigenvalue weighted by molar-refractivity contribution is -0.691. The van der Waals surface area contributed by atoms with Crippen molar-refractivity contribution in [2.24, 2.45) is 10.9 Å². The Kier molecular flexibility index (Phi) is 9.35. The average molecular weight is 650 g/mol. The van der Waals surface area contributed by atoms with Crippen LogP contribution in [0, 0.1) is 0 Å². The van der Waals surface area contributed by atoms with Crippen molar-refractivity contribution in [1.82, 2.24) is 20.2 Å². The zero-order valence-corrected chi connectivity index (χ0v) is 25.0. The second-order valence-electron chi connectivity index (χ2n) is 9.97. The number of rotatable bonds is 12. The van der Waals surface area contributed by atoms with E-state index in [0.717, 1.165) is 16.2 Å². The molecule has 20 heteroatoms. The number of nitrogens with two attached hydrogens (primary N) is 3. The Morgan fingerprint density at radius 3 is 2.61 bits per heavy atom. The second kappa shape index (κ2) is 12.8. The lowest BCUT2D eigenvalue weighted by atomic mass is 10.0. The molecule has 2 aromatic rings. The number of carbonyl (C=O) groups is 5. The Labute approximate surface area is 257 Å². The molecule has 3 amide bonds. The summed E-state index contributed by atoms with van der Waals surface area (Å²) in [4.78, 5) is 76.4. The number of nitrogens with zero attached hydrogens (tertiary/aromatic N) is 5. The first-order valence-corrected chi connectivity index (χ1v) is 14.7. The van der Waals surface area contributed by atoms with Crippen LogP contribution in [0.15, 0.2) is 34.3 Å². The number of thioether (sulfide) groups is 1. The lowest BCUT2D eigenvalue weighted by Gasteiger charge is -2.49. The highest BCUT2D eigenvalue weighted by atomic mass is 32.2. The molecule has 10 N–H and O–H groups in total. The summed E-state index contributed by atoms with van der Waals surface area (Å²) >= 11 is 2.22. The Balaban J connectivity index is 1.54. The van der Waals surface area contributed by atoms with Crippen LogP contribution < -0.4 is 32.4 Å². The molecule has 2 aromatic heterocycles. The maximum atomic E-state index is 13.2. The second-order valence-corrected chi connectivity index (χ2v) is 12.0. The van der Waals surface area contributed by atoms with Gasteiger partial charge in [0.25, 0.3) is 24.0 Å². The molecule has 0 aromatic carbocycles. The van der Waals surface area contributed by atoms with Gasteiger partial charge in [0.1, 0.15) is 35.5 Å². The Morgan fingerprint density at radius 2 is 2.00 bits per heavy atom. The van der Waals surface area contributed by atoms with E-state index in [9.17, 15) is 34.2 Å². The molecule has 1 fully saturated rings. The van der Waals surface area contributed by atoms with E-state index in [1.807, 2.05) is 0 Å². The highest BCUT2D eigenvalue weighted by Gasteiger charge is 2.54. The minimum atomic E-state index is -1.79. The highest BCUT2D eigenvalue weighted by Crippen LogP contribution is 2.40. The van der Waals surface area contributed by atoms with Crippen molar-refractivity contribution in [2.75, 3.05) is 29.1 Å². The quantitative estimate of drug-likeness (QED) is 0.0584. The standard InChI is InChI=1S/C24H28N10O8S2/c1-24(2,22(40)41)42-32-14(12-8-44-23(27)30-12)18(36)31-15-19(37)34-16(21(38)39)10(7-43-20(15)34)5-33-6-11(17(26)28-9-33)29-13(35)3-4-25/h6,8-9,15,20,26H,3-5,7,25H2,1-2H3,(H6,27,29,30,31,35,36,38,39,40,41)/p+1/b32-14-/t15-,20?/m1/s1. The summed E-state index contributed by atoms with van der Waals surface area (Å²) in [6.07, 6.45) is 2.91. The minimum Gasteiger partial charge on any atom is -0.478 e. The van der Waals surface area contributed by atoms with E-state index in [-0.39, 0.29) is 59.2 Å². The number of β-lactam (4-membered cyclic amide) rings is 1. The number of nitrogen functional groups attached to an aromatic ring is 2. The summed E-state index contributed by atoms with van der Waals surface area (Å²) in [6, 6.07) is -1.13. The summed E-state index contributed by atoms with van der Waals surface area (Å²) in [7, 11) is 0. The smallest absolute Gasteiger partial charge is 0.352 e. The third-order valence-electron chi connectivity index (χ3n) is 6.33. The van der Waals surface area contributed by atoms with E-state index in [0.29, 0.717) is 5.57 Å². The number of hydrogen-bond acceptors (Lipinski definition) is 14. The summed E-state index contributed by atoms with van der Waals surface area (Å²) < 4.78 is 1.51. The molecule has 4 rings (SSSR count). The fraction of sp³-hybridized carbons (Fsp3) is 0.375. The molecule has 0 bridgehead atoms. The van der Waals surface area contributed by atoms with Crippen LogP contribution in [0.1, 0.15) is 26.0 Å². The number of oxime groups is 1. The van der Waals surface area contributed by atoms with Crippen LogP contribution in [0.2, 0.25) is 0 Å². The molecule has 44 heavy (non-hydrogen) atoms. The number of aliphatic carboxylic acids is 2. The first kappa shape index (κ1) is 32.1. The molecule has 4 heterocycles. The van der Waals surface area contributed by atoms with Crippen molar-refractivity contribution < 1.29 is 43.6 Å². The summed E-state index contributed by atoms with van der Waals surface area (Å²) in [5, 5.41) is 28.9. The van der Waals surface area contributed by atoms with E-state index >= 15 is 0 Å². The van der Waals surface area contributed by atoms with E-state index in [4.69, 9.17) is 22.0 Å². The van der Waals surface area contributed by atoms with Crippen molar-refractivity contribution >= 4 is 75.1 Å². The fourth-order valence-electron chi connectivity index (χ4n) is 4.03. The molecule has 18 nitrogen and oxygen atoms in total. The first-order valence-electron chi connectivity index (χ1n) is 12.8. The zero-order chi connectivity index (χ0) is 32.3. The highest BCUT2D eigenvalue weighted by molar-refractivity contribution is 8.00. The molecule has 1 unspecified atom stereocenters. The van der Waals surface area contributed by atoms with Gasteiger partial charge in [-0.05, 0) is 18.8 Å². The lowest BCUT2D eigenvalue weighted by Crippen LogP contribution is -2.71. The molecule has 2 aliphatic heterocycles. The van der Waals surface area contributed by atoms with E-state index < -0.39 is 46.5 Å². The number of fused-ring (bicyclic) bond motifs is 1. The zero-order valence-electron chi connectivity index (χ0n) is 23.3. The van der Waals surface area contributed by atoms with Gasteiger partial charge in [-0.25, -0.2) is 19.1 Å². The molecular weight excluding hydrogens is 620 g/mol. The van der Waals surface area contributed by atoms with Crippen LogP contribution in [0.5, 0.6) is 0 Å². The van der Waals surface area contributed by atoms with Crippen molar-refractivity contribution in [3.8, 4) is 0 Å². The van der Waals surface area contributed by atoms with Crippen molar-refractivity contribution in [1.29, 1.82) is 0 Å². The summed E-state index contributed by atoms with van der Waals surface area (Å²) in [6.45, 7) is 2.60. The number of hydrogen-bond donors (Lipinski definition) is 7. The average Bonchev–Trinajstić information content (AvgIpc) is 3.38. The number of amides is 3. The van der Waals surface area contributed by atoms with Gasteiger partial charge >= 0.3 is 11.9 Å². The molecule has 0 aliphatic carbocycles. The van der Waals surface area contributed by atoms with Crippen LogP contribution in [0.25, 0.3) is 0 Å². The van der Waals surface area contributed by atoms with Crippen molar-refractivity contribution in [2.45, 2.75) is 43.8 Å². The molecule has 234 valence electrons. The third-order valence-corrected chi connectivity index (χ3v) is 8.34. The minimum absolute atomic E-state index is 0.00718. The topological polar surface area (TPSA) is 282 Å². The fourth-order valence-corrected chi connectivity index (χ4v) is 5.92. The maximum Gasteiger partial charge on any atom is 0.352 e. The first-order chi connectivity index (χ1) is 20.7. The summed E-state index contributed by atoms with van der Waals surface area (Å²) in [5.74, 6) is -4.44. The molecule has 0 saturated carbocycles. The predicted molar refractivity (Wildman–Crippen MR) is 157 cm³/mol. The van der Waals surface area contributed by atoms with E-state index in [2.05, 4.69) is 25.8 Å². The largest absolute Gasteiger partial charge is 0.478 e. The molecule has 1 saturated heterocycles. The van der Waals surface area contributed by atoms with Gasteiger partial charge in [0.15, 0.2) is 16.5 Å². The Hall–Kier alpha value is -4.82. The van der Waals surface area contributed by atoms with Gasteiger partial charge in [-0.2, -0.15) is 0 Å². The van der Waals surface area contributed by atoms with Gasteiger partial charge < -0.3 is 42.9 Å². The number of aromatic nitrogens is 3. The Bertz CT molecular complexity index is 1590. The normalized spacial score (nSPS) is 18.3. The molecule has 0 spiro atoms. The van der Waals surface area contributed by atoms with Crippen LogP contribution in [0.4, 0.5) is 16.6 Å². The van der Waals surface area contributed by atoms with Gasteiger partial charge in [-0.15, -0.1) is 23.1 Å². The van der Waals surface area contributed by atoms with Gasteiger partial charge in [-0.3, -0.25) is 19.3 Å². The van der Waals surface area contributed by atoms with E-state index in [1.54, 1.807) is 0 Å². The third kappa shape index (κ3) is 6.71. The number of thiazole rings is 1. The molecular formula is C24H29N10O8S2+. The van der Waals surface area contributed by atoms with Gasteiger partial charge in [0, 0.05) is 29.7 Å². The number of carbonyl (C=O) groups excluding carboxylic acids is 3. The number of anilines is 3. The van der Waals surface area contributed by atoms with Gasteiger partial charge in [0.05, 0.1) is 0 Å². The molecule has 2 atom stereocenters. The van der Waals surface area contributed by atoms with Gasteiger partial charge in [0.2, 0.25) is 11.5 Å². The van der Waals surface area contributed by atoms with Crippen LogP contribution in [-0.2, 0) is 35.4 Å². The Morgan fingerprint density at radius 1 is 1.27 bits per heavy atom. The van der Waals surface area contributed by atoms with Crippen molar-refractivity contribution in [3.63, 3.8) is 0 Å². The molecule has 2 aliphatic rings. The van der Waals surface area contributed by atoms with Crippen LogP contribution in [-0.4, -0.2) is 89.8 Å². The van der Waals surface area contributed by atoms with Gasteiger partial charge in [-0.1, -0.05) is 5.16 Å². The maximum absolute atomic E-state index is 13.2. The van der Waals surface area contributed by atoms with E-state index in [1.165, 1.54) is 48.1 Å². The number of nitrogens with one attached hydrogen (secondary N) is 2.